The molecule has 0 saturated heterocycles. The minimum absolute atomic E-state index is 0.187. The summed E-state index contributed by atoms with van der Waals surface area (Å²) in [6.07, 6.45) is 15.5. The van der Waals surface area contributed by atoms with Gasteiger partial charge in [0, 0.05) is 0 Å². The fourth-order valence-electron chi connectivity index (χ4n) is 1.44. The molecule has 0 spiro atoms. The van der Waals surface area contributed by atoms with E-state index < -0.39 is 0 Å². The van der Waals surface area contributed by atoms with Gasteiger partial charge in [0.15, 0.2) is 0 Å². The molecule has 2 heteroatoms. The van der Waals surface area contributed by atoms with E-state index in [0.717, 1.165) is 25.7 Å². The second-order valence-electron chi connectivity index (χ2n) is 4.39. The topological polar surface area (TPSA) is 40.5 Å². The highest BCUT2D eigenvalue weighted by Crippen LogP contribution is 2.00. The zero-order chi connectivity index (χ0) is 14.1. The summed E-state index contributed by atoms with van der Waals surface area (Å²) in [4.78, 5) is 0. The van der Waals surface area contributed by atoms with Crippen LogP contribution in [0.4, 0.5) is 0 Å². The van der Waals surface area contributed by atoms with Gasteiger partial charge in [-0.3, -0.25) is 0 Å². The lowest BCUT2D eigenvalue weighted by Gasteiger charge is -2.01. The molecule has 0 heterocycles. The highest BCUT2D eigenvalue weighted by atomic mass is 16.3. The summed E-state index contributed by atoms with van der Waals surface area (Å²) in [5.74, 6) is 0. The van der Waals surface area contributed by atoms with Crippen LogP contribution < -0.4 is 0 Å². The van der Waals surface area contributed by atoms with Crippen LogP contribution in [0, 0.1) is 0 Å². The predicted molar refractivity (Wildman–Crippen MR) is 80.7 cm³/mol. The summed E-state index contributed by atoms with van der Waals surface area (Å²) in [5, 5.41) is 17.4. The van der Waals surface area contributed by atoms with Crippen LogP contribution in [0.5, 0.6) is 0 Å². The van der Waals surface area contributed by atoms with Gasteiger partial charge in [0.1, 0.15) is 0 Å². The Morgan fingerprint density at radius 1 is 1.00 bits per heavy atom. The average Bonchev–Trinajstić information content (AvgIpc) is 2.37. The molecule has 0 aliphatic heterocycles. The van der Waals surface area contributed by atoms with Crippen LogP contribution in [0.3, 0.4) is 0 Å². The Labute approximate surface area is 113 Å². The number of hydrogen-bond donors (Lipinski definition) is 2. The molecule has 18 heavy (non-hydrogen) atoms. The van der Waals surface area contributed by atoms with Crippen molar-refractivity contribution in [1.29, 1.82) is 0 Å². The van der Waals surface area contributed by atoms with Gasteiger partial charge in [-0.1, -0.05) is 63.8 Å². The van der Waals surface area contributed by atoms with Gasteiger partial charge < -0.3 is 10.2 Å². The Morgan fingerprint density at radius 2 is 1.67 bits per heavy atom. The second-order valence-corrected chi connectivity index (χ2v) is 4.39. The minimum atomic E-state index is -0.213. The molecule has 0 aliphatic carbocycles. The van der Waals surface area contributed by atoms with Crippen LogP contribution >= 0.6 is 0 Å². The third-order valence-electron chi connectivity index (χ3n) is 2.51. The van der Waals surface area contributed by atoms with Crippen LogP contribution in [-0.4, -0.2) is 22.9 Å². The number of aliphatic hydroxyl groups excluding tert-OH is 2. The molecule has 2 N–H and O–H groups in total. The Balaban J connectivity index is 0. The predicted octanol–water partition coefficient (Wildman–Crippen LogP) is 4.23. The number of allylic oxidation sites excluding steroid dienone is 2. The Bertz CT molecular complexity index is 186. The first-order valence-electron chi connectivity index (χ1n) is 7.29. The summed E-state index contributed by atoms with van der Waals surface area (Å²) >= 11 is 0. The van der Waals surface area contributed by atoms with Gasteiger partial charge in [-0.15, -0.1) is 0 Å². The van der Waals surface area contributed by atoms with Crippen LogP contribution in [-0.2, 0) is 0 Å². The second kappa shape index (κ2) is 18.8. The zero-order valence-electron chi connectivity index (χ0n) is 12.4. The molecule has 0 aliphatic rings. The molecule has 0 rings (SSSR count). The van der Waals surface area contributed by atoms with Gasteiger partial charge in [0.05, 0.1) is 12.7 Å². The lowest BCUT2D eigenvalue weighted by molar-refractivity contribution is 0.209. The highest BCUT2D eigenvalue weighted by Gasteiger charge is 1.94. The normalized spacial score (nSPS) is 12.7. The van der Waals surface area contributed by atoms with E-state index in [1.165, 1.54) is 19.3 Å². The lowest BCUT2D eigenvalue weighted by Crippen LogP contribution is -2.00. The largest absolute Gasteiger partial charge is 0.392 e. The molecule has 0 aromatic carbocycles. The van der Waals surface area contributed by atoms with Gasteiger partial charge >= 0.3 is 0 Å². The van der Waals surface area contributed by atoms with Gasteiger partial charge in [-0.05, 0) is 26.2 Å². The van der Waals surface area contributed by atoms with Crippen molar-refractivity contribution in [2.24, 2.45) is 0 Å². The van der Waals surface area contributed by atoms with Crippen molar-refractivity contribution in [2.45, 2.75) is 71.8 Å². The van der Waals surface area contributed by atoms with Crippen LogP contribution in [0.1, 0.15) is 65.7 Å². The fourth-order valence-corrected chi connectivity index (χ4v) is 1.44. The van der Waals surface area contributed by atoms with E-state index in [9.17, 15) is 0 Å². The van der Waals surface area contributed by atoms with Gasteiger partial charge in [0.25, 0.3) is 0 Å². The summed E-state index contributed by atoms with van der Waals surface area (Å²) < 4.78 is 0. The lowest BCUT2D eigenvalue weighted by atomic mass is 10.1. The van der Waals surface area contributed by atoms with E-state index in [1.54, 1.807) is 6.08 Å². The minimum Gasteiger partial charge on any atom is -0.392 e. The molecule has 0 fully saturated rings. The molecule has 1 atom stereocenters. The highest BCUT2D eigenvalue weighted by molar-refractivity contribution is 4.84. The summed E-state index contributed by atoms with van der Waals surface area (Å²) in [7, 11) is 0. The average molecular weight is 256 g/mol. The van der Waals surface area contributed by atoms with Crippen molar-refractivity contribution in [2.75, 3.05) is 6.61 Å². The Morgan fingerprint density at radius 3 is 2.17 bits per heavy atom. The smallest absolute Gasteiger partial charge is 0.0720 e. The molecule has 0 amide bonds. The molecular formula is C16H32O2. The van der Waals surface area contributed by atoms with E-state index in [-0.39, 0.29) is 12.7 Å². The van der Waals surface area contributed by atoms with Crippen molar-refractivity contribution in [1.82, 2.24) is 0 Å². The number of hydrogen-bond acceptors (Lipinski definition) is 2. The zero-order valence-corrected chi connectivity index (χ0v) is 12.4. The number of aliphatic hydroxyl groups is 2. The molecule has 0 aromatic rings. The molecular weight excluding hydrogens is 224 g/mol. The Kier molecular flexibility index (Phi) is 20.6. The first kappa shape index (κ1) is 19.7. The molecule has 0 saturated carbocycles. The SMILES string of the molecule is C/C=C/C(O)CCCC.CCCCC/C=C/CO. The van der Waals surface area contributed by atoms with Crippen LogP contribution in [0.25, 0.3) is 0 Å². The van der Waals surface area contributed by atoms with E-state index in [2.05, 4.69) is 13.8 Å². The first-order chi connectivity index (χ1) is 8.72. The standard InChI is InChI=1S/2C8H16O/c1-3-5-7-8(9)6-4-2;1-2-3-4-5-6-7-8-9/h4,6,8-9H,3,5,7H2,1-2H3;6-7,9H,2-5,8H2,1H3/b6-4+;7-6+. The van der Waals surface area contributed by atoms with Crippen LogP contribution in [0.2, 0.25) is 0 Å². The third-order valence-corrected chi connectivity index (χ3v) is 2.51. The van der Waals surface area contributed by atoms with Crippen molar-refractivity contribution in [3.8, 4) is 0 Å². The van der Waals surface area contributed by atoms with E-state index in [4.69, 9.17) is 10.2 Å². The summed E-state index contributed by atoms with van der Waals surface area (Å²) in [6, 6.07) is 0. The molecule has 108 valence electrons. The molecule has 0 radical (unpaired) electrons. The number of unbranched alkanes of at least 4 members (excludes halogenated alkanes) is 4. The van der Waals surface area contributed by atoms with Gasteiger partial charge in [-0.2, -0.15) is 0 Å². The summed E-state index contributed by atoms with van der Waals surface area (Å²) in [5.41, 5.74) is 0. The van der Waals surface area contributed by atoms with Crippen molar-refractivity contribution < 1.29 is 10.2 Å². The maximum absolute atomic E-state index is 9.09. The molecule has 0 aromatic heterocycles. The van der Waals surface area contributed by atoms with E-state index >= 15 is 0 Å². The van der Waals surface area contributed by atoms with E-state index in [1.807, 2.05) is 25.2 Å². The molecule has 0 bridgehead atoms. The first-order valence-corrected chi connectivity index (χ1v) is 7.29. The van der Waals surface area contributed by atoms with Crippen LogP contribution in [0.15, 0.2) is 24.3 Å². The van der Waals surface area contributed by atoms with Gasteiger partial charge in [0.2, 0.25) is 0 Å². The molecule has 2 nitrogen and oxygen atoms in total. The van der Waals surface area contributed by atoms with Crippen molar-refractivity contribution in [3.63, 3.8) is 0 Å². The number of rotatable bonds is 9. The third kappa shape index (κ3) is 20.8. The molecule has 1 unspecified atom stereocenters. The maximum Gasteiger partial charge on any atom is 0.0720 e. The fraction of sp³-hybridized carbons (Fsp3) is 0.750. The summed E-state index contributed by atoms with van der Waals surface area (Å²) in [6.45, 7) is 6.43. The quantitative estimate of drug-likeness (QED) is 0.479. The van der Waals surface area contributed by atoms with Crippen molar-refractivity contribution in [3.05, 3.63) is 24.3 Å². The van der Waals surface area contributed by atoms with Gasteiger partial charge in [-0.25, -0.2) is 0 Å². The van der Waals surface area contributed by atoms with Crippen molar-refractivity contribution >= 4 is 0 Å². The maximum atomic E-state index is 9.09. The Hall–Kier alpha value is -0.600. The van der Waals surface area contributed by atoms with E-state index in [0.29, 0.717) is 0 Å². The monoisotopic (exact) mass is 256 g/mol.